The summed E-state index contributed by atoms with van der Waals surface area (Å²) >= 11 is 6.02. The minimum atomic E-state index is -0.767. The van der Waals surface area contributed by atoms with Gasteiger partial charge in [-0.15, -0.1) is 6.58 Å². The summed E-state index contributed by atoms with van der Waals surface area (Å²) in [5.74, 6) is -0.130. The normalized spacial score (nSPS) is 17.0. The lowest BCUT2D eigenvalue weighted by atomic mass is 10.0. The first-order chi connectivity index (χ1) is 14.6. The van der Waals surface area contributed by atoms with Crippen molar-refractivity contribution in [3.63, 3.8) is 0 Å². The number of fused-ring (bicyclic) bond motifs is 1. The van der Waals surface area contributed by atoms with Crippen molar-refractivity contribution >= 4 is 28.9 Å². The minimum absolute atomic E-state index is 0.130. The van der Waals surface area contributed by atoms with Crippen molar-refractivity contribution in [1.82, 2.24) is 5.32 Å². The number of hydrogen-bond donors (Lipinski definition) is 1. The average Bonchev–Trinajstić information content (AvgIpc) is 2.89. The summed E-state index contributed by atoms with van der Waals surface area (Å²) in [4.78, 5) is 19.9. The van der Waals surface area contributed by atoms with Gasteiger partial charge in [0.1, 0.15) is 0 Å². The number of halogens is 1. The molecule has 4 nitrogen and oxygen atoms in total. The number of hydrogen-bond acceptors (Lipinski definition) is 3. The van der Waals surface area contributed by atoms with Gasteiger partial charge in [-0.3, -0.25) is 15.1 Å². The van der Waals surface area contributed by atoms with Crippen LogP contribution in [0.3, 0.4) is 0 Å². The first-order valence-corrected chi connectivity index (χ1v) is 10.1. The van der Waals surface area contributed by atoms with Gasteiger partial charge in [0.15, 0.2) is 6.17 Å². The highest BCUT2D eigenvalue weighted by molar-refractivity contribution is 6.30. The molecule has 5 heteroatoms. The molecule has 1 heterocycles. The highest BCUT2D eigenvalue weighted by atomic mass is 35.5. The van der Waals surface area contributed by atoms with E-state index in [0.717, 1.165) is 28.1 Å². The molecule has 0 saturated carbocycles. The van der Waals surface area contributed by atoms with Gasteiger partial charge in [0.25, 0.3) is 5.91 Å². The van der Waals surface area contributed by atoms with Crippen molar-refractivity contribution in [2.45, 2.75) is 12.2 Å². The van der Waals surface area contributed by atoms with Crippen LogP contribution < -0.4 is 10.2 Å². The van der Waals surface area contributed by atoms with E-state index in [4.69, 9.17) is 16.6 Å². The molecule has 3 aromatic carbocycles. The van der Waals surface area contributed by atoms with Crippen molar-refractivity contribution in [3.8, 4) is 0 Å². The van der Waals surface area contributed by atoms with Gasteiger partial charge in [-0.2, -0.15) is 0 Å². The van der Waals surface area contributed by atoms with Gasteiger partial charge >= 0.3 is 0 Å². The summed E-state index contributed by atoms with van der Waals surface area (Å²) in [7, 11) is 1.78. The van der Waals surface area contributed by atoms with E-state index in [9.17, 15) is 4.79 Å². The number of aliphatic imine (C=N–C) groups is 1. The van der Waals surface area contributed by atoms with Gasteiger partial charge < -0.3 is 4.90 Å². The van der Waals surface area contributed by atoms with Gasteiger partial charge in [-0.25, -0.2) is 0 Å². The molecule has 0 radical (unpaired) electrons. The molecule has 0 spiro atoms. The monoisotopic (exact) mass is 415 g/mol. The van der Waals surface area contributed by atoms with Gasteiger partial charge in [-0.05, 0) is 23.8 Å². The number of para-hydroxylation sites is 1. The molecular weight excluding hydrogens is 394 g/mol. The van der Waals surface area contributed by atoms with E-state index < -0.39 is 6.17 Å². The van der Waals surface area contributed by atoms with Crippen LogP contribution in [-0.2, 0) is 4.79 Å². The number of carbonyl (C=O) groups excluding carboxylic acids is 1. The van der Waals surface area contributed by atoms with Crippen LogP contribution in [0.1, 0.15) is 22.7 Å². The lowest BCUT2D eigenvalue weighted by Gasteiger charge is -2.24. The van der Waals surface area contributed by atoms with Crippen LogP contribution in [0, 0.1) is 0 Å². The van der Waals surface area contributed by atoms with Crippen LogP contribution in [-0.4, -0.2) is 24.8 Å². The van der Waals surface area contributed by atoms with E-state index in [1.807, 2.05) is 78.9 Å². The van der Waals surface area contributed by atoms with Crippen LogP contribution in [0.15, 0.2) is 96.5 Å². The number of benzene rings is 3. The third kappa shape index (κ3) is 3.92. The Bertz CT molecular complexity index is 1090. The fourth-order valence-electron chi connectivity index (χ4n) is 3.60. The molecule has 4 rings (SSSR count). The molecule has 2 atom stereocenters. The molecular formula is C25H22ClN3O. The molecule has 3 aromatic rings. The molecule has 30 heavy (non-hydrogen) atoms. The van der Waals surface area contributed by atoms with Crippen molar-refractivity contribution in [3.05, 3.63) is 113 Å². The topological polar surface area (TPSA) is 44.7 Å². The summed E-state index contributed by atoms with van der Waals surface area (Å²) < 4.78 is 0. The third-order valence-electron chi connectivity index (χ3n) is 5.19. The van der Waals surface area contributed by atoms with Crippen molar-refractivity contribution < 1.29 is 4.79 Å². The number of rotatable bonds is 5. The largest absolute Gasteiger partial charge is 0.312 e. The predicted molar refractivity (Wildman–Crippen MR) is 123 cm³/mol. The smallest absolute Gasteiger partial charge is 0.266 e. The second-order valence-corrected chi connectivity index (χ2v) is 7.53. The summed E-state index contributed by atoms with van der Waals surface area (Å²) in [6.07, 6.45) is 1.00. The van der Waals surface area contributed by atoms with Gasteiger partial charge in [0, 0.05) is 23.2 Å². The number of anilines is 1. The zero-order valence-electron chi connectivity index (χ0n) is 16.6. The lowest BCUT2D eigenvalue weighted by Crippen LogP contribution is -2.44. The Morgan fingerprint density at radius 1 is 1.03 bits per heavy atom. The standard InChI is InChI=1S/C25H22ClN3O/c1-3-21(17-13-15-19(26)16-14-17)27-24-25(30)29(2)22-12-8-7-11-20(22)23(28-24)18-9-5-4-6-10-18/h3-16,21,24,27H,1H2,2H3/t21?,24-/m1/s1. The third-order valence-corrected chi connectivity index (χ3v) is 5.44. The summed E-state index contributed by atoms with van der Waals surface area (Å²) in [5, 5.41) is 4.02. The quantitative estimate of drug-likeness (QED) is 0.596. The van der Waals surface area contributed by atoms with Gasteiger partial charge in [-0.1, -0.05) is 78.3 Å². The summed E-state index contributed by atoms with van der Waals surface area (Å²) in [6.45, 7) is 3.94. The molecule has 0 fully saturated rings. The molecule has 0 bridgehead atoms. The first-order valence-electron chi connectivity index (χ1n) is 9.73. The molecule has 1 aliphatic heterocycles. The Kier molecular flexibility index (Phi) is 5.79. The first kappa shape index (κ1) is 20.1. The number of nitrogens with one attached hydrogen (secondary N) is 1. The van der Waals surface area contributed by atoms with Crippen LogP contribution in [0.5, 0.6) is 0 Å². The second-order valence-electron chi connectivity index (χ2n) is 7.09. The predicted octanol–water partition coefficient (Wildman–Crippen LogP) is 5.00. The van der Waals surface area contributed by atoms with Gasteiger partial charge in [0.05, 0.1) is 17.4 Å². The fraction of sp³-hybridized carbons (Fsp3) is 0.120. The van der Waals surface area contributed by atoms with Crippen LogP contribution in [0.2, 0.25) is 5.02 Å². The van der Waals surface area contributed by atoms with E-state index in [1.54, 1.807) is 18.0 Å². The average molecular weight is 416 g/mol. The Hall–Kier alpha value is -3.21. The zero-order chi connectivity index (χ0) is 21.1. The number of amides is 1. The van der Waals surface area contributed by atoms with Crippen molar-refractivity contribution in [2.75, 3.05) is 11.9 Å². The number of benzodiazepines with no additional fused rings is 1. The number of likely N-dealkylation sites (N-methyl/N-ethyl adjacent to an activating group) is 1. The van der Waals surface area contributed by atoms with E-state index in [1.165, 1.54) is 0 Å². The van der Waals surface area contributed by atoms with Crippen molar-refractivity contribution in [2.24, 2.45) is 4.99 Å². The Morgan fingerprint density at radius 2 is 1.70 bits per heavy atom. The molecule has 150 valence electrons. The van der Waals surface area contributed by atoms with Crippen molar-refractivity contribution in [1.29, 1.82) is 0 Å². The maximum absolute atomic E-state index is 13.3. The fourth-order valence-corrected chi connectivity index (χ4v) is 3.72. The SMILES string of the molecule is C=CC(N[C@@H]1N=C(c2ccccc2)c2ccccc2N(C)C1=O)c1ccc(Cl)cc1. The van der Waals surface area contributed by atoms with E-state index >= 15 is 0 Å². The Morgan fingerprint density at radius 3 is 2.40 bits per heavy atom. The van der Waals surface area contributed by atoms with E-state index in [-0.39, 0.29) is 11.9 Å². The Labute approximate surface area is 181 Å². The molecule has 0 saturated heterocycles. The zero-order valence-corrected chi connectivity index (χ0v) is 17.4. The number of nitrogens with zero attached hydrogens (tertiary/aromatic N) is 2. The molecule has 1 N–H and O–H groups in total. The van der Waals surface area contributed by atoms with Crippen LogP contribution >= 0.6 is 11.6 Å². The maximum Gasteiger partial charge on any atom is 0.266 e. The van der Waals surface area contributed by atoms with Crippen LogP contribution in [0.25, 0.3) is 0 Å². The molecule has 0 aliphatic carbocycles. The van der Waals surface area contributed by atoms with Gasteiger partial charge in [0.2, 0.25) is 0 Å². The molecule has 1 amide bonds. The second kappa shape index (κ2) is 8.66. The maximum atomic E-state index is 13.3. The summed E-state index contributed by atoms with van der Waals surface area (Å²) in [5.41, 5.74) is 4.45. The highest BCUT2D eigenvalue weighted by Gasteiger charge is 2.31. The summed E-state index contributed by atoms with van der Waals surface area (Å²) in [6, 6.07) is 25.0. The molecule has 0 aromatic heterocycles. The molecule has 1 aliphatic rings. The van der Waals surface area contributed by atoms with E-state index in [0.29, 0.717) is 5.02 Å². The highest BCUT2D eigenvalue weighted by Crippen LogP contribution is 2.28. The number of carbonyl (C=O) groups is 1. The van der Waals surface area contributed by atoms with Crippen LogP contribution in [0.4, 0.5) is 5.69 Å². The molecule has 1 unspecified atom stereocenters. The van der Waals surface area contributed by atoms with E-state index in [2.05, 4.69) is 11.9 Å². The minimum Gasteiger partial charge on any atom is -0.312 e. The lowest BCUT2D eigenvalue weighted by molar-refractivity contribution is -0.120. The Balaban J connectivity index is 1.78.